The molecule has 0 aromatic rings. The molecule has 10 heavy (non-hydrogen) atoms. The molecule has 0 aromatic carbocycles. The Morgan fingerprint density at radius 2 is 2.00 bits per heavy atom. The standard InChI is InChI=1S/C8H14O2/c1-6(5-9)4-7(2)8(3)10/h4-5,7-8,10H,1-3H3/b6-4+/t7-,8-/m0/s1. The van der Waals surface area contributed by atoms with Gasteiger partial charge in [-0.3, -0.25) is 4.79 Å². The van der Waals surface area contributed by atoms with Gasteiger partial charge < -0.3 is 5.11 Å². The number of carbonyl (C=O) groups is 1. The van der Waals surface area contributed by atoms with Crippen molar-refractivity contribution < 1.29 is 9.90 Å². The second-order valence-corrected chi connectivity index (χ2v) is 2.63. The minimum absolute atomic E-state index is 0.0604. The van der Waals surface area contributed by atoms with Crippen LogP contribution >= 0.6 is 0 Å². The van der Waals surface area contributed by atoms with E-state index in [4.69, 9.17) is 5.11 Å². The van der Waals surface area contributed by atoms with E-state index in [1.54, 1.807) is 19.9 Å². The molecule has 0 amide bonds. The summed E-state index contributed by atoms with van der Waals surface area (Å²) < 4.78 is 0. The summed E-state index contributed by atoms with van der Waals surface area (Å²) in [5.41, 5.74) is 0.674. The molecule has 2 nitrogen and oxygen atoms in total. The molecule has 58 valence electrons. The van der Waals surface area contributed by atoms with E-state index in [-0.39, 0.29) is 12.0 Å². The molecule has 0 radical (unpaired) electrons. The summed E-state index contributed by atoms with van der Waals surface area (Å²) in [6.07, 6.45) is 2.17. The molecule has 0 aliphatic carbocycles. The van der Waals surface area contributed by atoms with Crippen molar-refractivity contribution in [2.75, 3.05) is 0 Å². The van der Waals surface area contributed by atoms with Gasteiger partial charge in [-0.25, -0.2) is 0 Å². The first-order valence-corrected chi connectivity index (χ1v) is 3.39. The van der Waals surface area contributed by atoms with Gasteiger partial charge in [-0.2, -0.15) is 0 Å². The van der Waals surface area contributed by atoms with E-state index < -0.39 is 0 Å². The Labute approximate surface area is 61.6 Å². The summed E-state index contributed by atoms with van der Waals surface area (Å²) in [7, 11) is 0. The second-order valence-electron chi connectivity index (χ2n) is 2.63. The number of hydrogen-bond acceptors (Lipinski definition) is 2. The van der Waals surface area contributed by atoms with Crippen LogP contribution in [-0.4, -0.2) is 17.5 Å². The van der Waals surface area contributed by atoms with Crippen LogP contribution in [0, 0.1) is 5.92 Å². The lowest BCUT2D eigenvalue weighted by molar-refractivity contribution is -0.104. The van der Waals surface area contributed by atoms with Crippen LogP contribution in [0.2, 0.25) is 0 Å². The molecule has 0 rings (SSSR count). The maximum absolute atomic E-state index is 10.1. The molecule has 0 aliphatic rings. The second kappa shape index (κ2) is 4.23. The van der Waals surface area contributed by atoms with Crippen LogP contribution in [0.3, 0.4) is 0 Å². The number of allylic oxidation sites excluding steroid dienone is 1. The van der Waals surface area contributed by atoms with Crippen molar-refractivity contribution in [1.82, 2.24) is 0 Å². The lowest BCUT2D eigenvalue weighted by Crippen LogP contribution is -2.10. The predicted molar refractivity (Wildman–Crippen MR) is 40.7 cm³/mol. The van der Waals surface area contributed by atoms with E-state index in [9.17, 15) is 4.79 Å². The maximum atomic E-state index is 10.1. The third-order valence-corrected chi connectivity index (χ3v) is 1.47. The maximum Gasteiger partial charge on any atom is 0.145 e. The van der Waals surface area contributed by atoms with Crippen molar-refractivity contribution in [1.29, 1.82) is 0 Å². The number of aliphatic hydroxyl groups excluding tert-OH is 1. The molecular weight excluding hydrogens is 128 g/mol. The van der Waals surface area contributed by atoms with Gasteiger partial charge in [0, 0.05) is 5.92 Å². The molecule has 0 heterocycles. The van der Waals surface area contributed by atoms with Crippen molar-refractivity contribution in [3.05, 3.63) is 11.6 Å². The Kier molecular flexibility index (Phi) is 3.96. The lowest BCUT2D eigenvalue weighted by Gasteiger charge is -2.08. The van der Waals surface area contributed by atoms with Crippen molar-refractivity contribution in [2.24, 2.45) is 5.92 Å². The van der Waals surface area contributed by atoms with Crippen LogP contribution in [-0.2, 0) is 4.79 Å². The average molecular weight is 142 g/mol. The number of rotatable bonds is 3. The molecule has 2 heteroatoms. The van der Waals surface area contributed by atoms with Gasteiger partial charge in [0.25, 0.3) is 0 Å². The molecule has 0 unspecified atom stereocenters. The summed E-state index contributed by atoms with van der Waals surface area (Å²) in [6, 6.07) is 0. The van der Waals surface area contributed by atoms with Crippen molar-refractivity contribution in [2.45, 2.75) is 26.9 Å². The summed E-state index contributed by atoms with van der Waals surface area (Å²) >= 11 is 0. The zero-order chi connectivity index (χ0) is 8.15. The van der Waals surface area contributed by atoms with Gasteiger partial charge in [0.15, 0.2) is 0 Å². The molecule has 0 aliphatic heterocycles. The predicted octanol–water partition coefficient (Wildman–Crippen LogP) is 1.15. The monoisotopic (exact) mass is 142 g/mol. The van der Waals surface area contributed by atoms with Gasteiger partial charge in [0.05, 0.1) is 6.10 Å². The molecule has 0 spiro atoms. The smallest absolute Gasteiger partial charge is 0.145 e. The van der Waals surface area contributed by atoms with Crippen LogP contribution in [0.1, 0.15) is 20.8 Å². The summed E-state index contributed by atoms with van der Waals surface area (Å²) in [5, 5.41) is 9.00. The van der Waals surface area contributed by atoms with Gasteiger partial charge in [-0.05, 0) is 19.4 Å². The fourth-order valence-electron chi connectivity index (χ4n) is 0.593. The van der Waals surface area contributed by atoms with Crippen LogP contribution in [0.5, 0.6) is 0 Å². The van der Waals surface area contributed by atoms with Crippen LogP contribution in [0.25, 0.3) is 0 Å². The highest BCUT2D eigenvalue weighted by molar-refractivity contribution is 5.72. The molecule has 0 saturated carbocycles. The minimum Gasteiger partial charge on any atom is -0.393 e. The number of aldehydes is 1. The Bertz CT molecular complexity index is 136. The topological polar surface area (TPSA) is 37.3 Å². The molecule has 1 N–H and O–H groups in total. The lowest BCUT2D eigenvalue weighted by atomic mass is 10.0. The first-order valence-electron chi connectivity index (χ1n) is 3.39. The molecule has 0 aromatic heterocycles. The Hall–Kier alpha value is -0.630. The molecule has 2 atom stereocenters. The van der Waals surface area contributed by atoms with Gasteiger partial charge >= 0.3 is 0 Å². The Balaban J connectivity index is 3.98. The number of aliphatic hydroxyl groups is 1. The average Bonchev–Trinajstić information content (AvgIpc) is 1.87. The molecular formula is C8H14O2. The van der Waals surface area contributed by atoms with Gasteiger partial charge in [-0.1, -0.05) is 13.0 Å². The number of hydrogen-bond donors (Lipinski definition) is 1. The molecule has 0 bridgehead atoms. The quantitative estimate of drug-likeness (QED) is 0.474. The van der Waals surface area contributed by atoms with E-state index in [1.807, 2.05) is 6.92 Å². The van der Waals surface area contributed by atoms with E-state index in [0.29, 0.717) is 5.57 Å². The van der Waals surface area contributed by atoms with Crippen molar-refractivity contribution in [3.8, 4) is 0 Å². The highest BCUT2D eigenvalue weighted by atomic mass is 16.3. The molecule has 0 fully saturated rings. The fraction of sp³-hybridized carbons (Fsp3) is 0.625. The van der Waals surface area contributed by atoms with Crippen LogP contribution < -0.4 is 0 Å². The highest BCUT2D eigenvalue weighted by Crippen LogP contribution is 2.05. The van der Waals surface area contributed by atoms with Crippen molar-refractivity contribution >= 4 is 6.29 Å². The fourth-order valence-corrected chi connectivity index (χ4v) is 0.593. The summed E-state index contributed by atoms with van der Waals surface area (Å²) in [4.78, 5) is 10.1. The molecule has 0 saturated heterocycles. The van der Waals surface area contributed by atoms with E-state index in [1.165, 1.54) is 0 Å². The minimum atomic E-state index is -0.380. The summed E-state index contributed by atoms with van der Waals surface area (Å²) in [5.74, 6) is 0.0604. The normalized spacial score (nSPS) is 18.2. The largest absolute Gasteiger partial charge is 0.393 e. The first-order chi connectivity index (χ1) is 4.57. The Morgan fingerprint density at radius 1 is 1.50 bits per heavy atom. The highest BCUT2D eigenvalue weighted by Gasteiger charge is 2.04. The third-order valence-electron chi connectivity index (χ3n) is 1.47. The van der Waals surface area contributed by atoms with Gasteiger partial charge in [-0.15, -0.1) is 0 Å². The summed E-state index contributed by atoms with van der Waals surface area (Å²) in [6.45, 7) is 5.31. The van der Waals surface area contributed by atoms with Gasteiger partial charge in [0.1, 0.15) is 6.29 Å². The van der Waals surface area contributed by atoms with Gasteiger partial charge in [0.2, 0.25) is 0 Å². The first kappa shape index (κ1) is 9.37. The SMILES string of the molecule is C/C(C=O)=C\[C@H](C)[C@H](C)O. The Morgan fingerprint density at radius 3 is 2.30 bits per heavy atom. The third kappa shape index (κ3) is 3.41. The van der Waals surface area contributed by atoms with E-state index in [0.717, 1.165) is 6.29 Å². The zero-order valence-corrected chi connectivity index (χ0v) is 6.66. The van der Waals surface area contributed by atoms with Crippen LogP contribution in [0.4, 0.5) is 0 Å². The van der Waals surface area contributed by atoms with Crippen molar-refractivity contribution in [3.63, 3.8) is 0 Å². The van der Waals surface area contributed by atoms with Crippen LogP contribution in [0.15, 0.2) is 11.6 Å². The van der Waals surface area contributed by atoms with E-state index >= 15 is 0 Å². The van der Waals surface area contributed by atoms with E-state index in [2.05, 4.69) is 0 Å². The number of carbonyl (C=O) groups excluding carboxylic acids is 1. The zero-order valence-electron chi connectivity index (χ0n) is 6.66.